The summed E-state index contributed by atoms with van der Waals surface area (Å²) in [5.41, 5.74) is 2.35. The number of pyridine rings is 2. The number of unbranched alkanes of at least 4 members (excludes halogenated alkanes) is 1. The first-order valence-electron chi connectivity index (χ1n) is 12.3. The van der Waals surface area contributed by atoms with E-state index in [0.29, 0.717) is 28.5 Å². The molecular weight excluding hydrogens is 453 g/mol. The molecule has 0 amide bonds. The molecule has 0 radical (unpaired) electrons. The highest BCUT2D eigenvalue weighted by atomic mass is 35.5. The number of hydrogen-bond donors (Lipinski definition) is 0. The smallest absolute Gasteiger partial charge is 0.353 e. The second-order valence-electron chi connectivity index (χ2n) is 9.83. The number of anilines is 1. The quantitative estimate of drug-likeness (QED) is 0.397. The van der Waals surface area contributed by atoms with E-state index in [9.17, 15) is 9.18 Å². The molecule has 182 valence electrons. The van der Waals surface area contributed by atoms with Crippen LogP contribution in [-0.4, -0.2) is 32.1 Å². The van der Waals surface area contributed by atoms with E-state index in [1.807, 2.05) is 19.9 Å². The summed E-state index contributed by atoms with van der Waals surface area (Å²) in [6.07, 6.45) is 6.66. The van der Waals surface area contributed by atoms with Crippen molar-refractivity contribution in [1.82, 2.24) is 19.5 Å². The third-order valence-electron chi connectivity index (χ3n) is 6.75. The molecule has 0 saturated carbocycles. The third kappa shape index (κ3) is 4.54. The van der Waals surface area contributed by atoms with E-state index in [0.717, 1.165) is 49.9 Å². The van der Waals surface area contributed by atoms with Gasteiger partial charge in [-0.2, -0.15) is 4.98 Å². The molecule has 0 N–H and O–H groups in total. The lowest BCUT2D eigenvalue weighted by molar-refractivity contribution is 0.388. The minimum Gasteiger partial charge on any atom is -0.353 e. The summed E-state index contributed by atoms with van der Waals surface area (Å²) in [5, 5.41) is 0.227. The molecule has 1 fully saturated rings. The molecule has 1 aliphatic heterocycles. The van der Waals surface area contributed by atoms with Crippen molar-refractivity contribution in [3.8, 4) is 5.69 Å². The zero-order valence-electron chi connectivity index (χ0n) is 20.6. The average Bonchev–Trinajstić information content (AvgIpc) is 2.80. The largest absolute Gasteiger partial charge is 0.355 e. The van der Waals surface area contributed by atoms with Crippen LogP contribution in [0.25, 0.3) is 16.7 Å². The van der Waals surface area contributed by atoms with Crippen LogP contribution in [0.2, 0.25) is 5.15 Å². The lowest BCUT2D eigenvalue weighted by atomic mass is 9.95. The van der Waals surface area contributed by atoms with Crippen LogP contribution in [-0.2, 0) is 6.42 Å². The van der Waals surface area contributed by atoms with E-state index in [1.165, 1.54) is 10.6 Å². The van der Waals surface area contributed by atoms with Crippen LogP contribution >= 0.6 is 11.6 Å². The van der Waals surface area contributed by atoms with E-state index in [2.05, 4.69) is 40.6 Å². The van der Waals surface area contributed by atoms with Crippen molar-refractivity contribution in [2.24, 2.45) is 5.92 Å². The van der Waals surface area contributed by atoms with E-state index in [1.54, 1.807) is 6.20 Å². The summed E-state index contributed by atoms with van der Waals surface area (Å²) in [7, 11) is 0. The number of nitrogens with zero attached hydrogens (tertiary/aromatic N) is 5. The van der Waals surface area contributed by atoms with Gasteiger partial charge in [-0.1, -0.05) is 45.7 Å². The fourth-order valence-corrected chi connectivity index (χ4v) is 4.98. The number of aromatic nitrogens is 4. The fourth-order valence-electron chi connectivity index (χ4n) is 4.85. The van der Waals surface area contributed by atoms with Crippen molar-refractivity contribution >= 4 is 28.5 Å². The Kier molecular flexibility index (Phi) is 7.22. The van der Waals surface area contributed by atoms with Crippen LogP contribution < -0.4 is 10.6 Å². The van der Waals surface area contributed by atoms with Gasteiger partial charge in [0.15, 0.2) is 16.6 Å². The molecule has 0 aromatic carbocycles. The first kappa shape index (κ1) is 24.6. The predicted molar refractivity (Wildman–Crippen MR) is 136 cm³/mol. The van der Waals surface area contributed by atoms with E-state index >= 15 is 0 Å². The highest BCUT2D eigenvalue weighted by molar-refractivity contribution is 6.30. The number of halogens is 2. The standard InChI is InChI=1S/C26H33ClFN5O/c1-6-7-8-18-11-12-29-21(15(2)3)22(18)33-25-19(13-20(28)23(27)30-25)24(31-26(33)34)32-14-16(4)9-10-17(32)5/h11-13,15-17H,6-10,14H2,1-5H3/t16-,17-/m0/s1. The summed E-state index contributed by atoms with van der Waals surface area (Å²) in [6.45, 7) is 11.3. The molecule has 1 aliphatic rings. The maximum Gasteiger partial charge on any atom is 0.355 e. The second kappa shape index (κ2) is 9.98. The molecule has 0 aliphatic carbocycles. The van der Waals surface area contributed by atoms with E-state index in [4.69, 9.17) is 11.6 Å². The number of aryl methyl sites for hydroxylation is 1. The van der Waals surface area contributed by atoms with Gasteiger partial charge in [0.25, 0.3) is 0 Å². The Morgan fingerprint density at radius 3 is 2.71 bits per heavy atom. The SMILES string of the molecule is CCCCc1ccnc(C(C)C)c1-n1c(=O)nc(N2C[C@@H](C)CC[C@@H]2C)c2cc(F)c(Cl)nc21. The maximum absolute atomic E-state index is 14.7. The van der Waals surface area contributed by atoms with Gasteiger partial charge in [-0.15, -0.1) is 0 Å². The van der Waals surface area contributed by atoms with E-state index in [-0.39, 0.29) is 17.1 Å². The first-order chi connectivity index (χ1) is 16.2. The van der Waals surface area contributed by atoms with Crippen LogP contribution in [0.5, 0.6) is 0 Å². The van der Waals surface area contributed by atoms with Gasteiger partial charge in [0.2, 0.25) is 0 Å². The number of piperidine rings is 1. The number of fused-ring (bicyclic) bond motifs is 1. The van der Waals surface area contributed by atoms with Crippen LogP contribution in [0.1, 0.15) is 77.5 Å². The topological polar surface area (TPSA) is 63.9 Å². The van der Waals surface area contributed by atoms with Crippen LogP contribution in [0.3, 0.4) is 0 Å². The zero-order chi connectivity index (χ0) is 24.6. The van der Waals surface area contributed by atoms with E-state index < -0.39 is 11.5 Å². The van der Waals surface area contributed by atoms with Crippen molar-refractivity contribution in [2.75, 3.05) is 11.4 Å². The third-order valence-corrected chi connectivity index (χ3v) is 7.02. The Hall–Kier alpha value is -2.54. The highest BCUT2D eigenvalue weighted by Gasteiger charge is 2.29. The van der Waals surface area contributed by atoms with Gasteiger partial charge in [-0.3, -0.25) is 4.98 Å². The Morgan fingerprint density at radius 2 is 2.00 bits per heavy atom. The Labute approximate surface area is 205 Å². The summed E-state index contributed by atoms with van der Waals surface area (Å²) in [5.74, 6) is 0.370. The average molecular weight is 486 g/mol. The van der Waals surface area contributed by atoms with Crippen molar-refractivity contribution in [3.63, 3.8) is 0 Å². The molecule has 0 spiro atoms. The van der Waals surface area contributed by atoms with Crippen LogP contribution in [0.4, 0.5) is 10.2 Å². The minimum atomic E-state index is -0.624. The van der Waals surface area contributed by atoms with Gasteiger partial charge in [0, 0.05) is 18.8 Å². The maximum atomic E-state index is 14.7. The monoisotopic (exact) mass is 485 g/mol. The molecule has 2 atom stereocenters. The zero-order valence-corrected chi connectivity index (χ0v) is 21.4. The Balaban J connectivity index is 2.06. The molecule has 4 rings (SSSR count). The van der Waals surface area contributed by atoms with Crippen molar-refractivity contribution < 1.29 is 4.39 Å². The van der Waals surface area contributed by atoms with Gasteiger partial charge in [0.1, 0.15) is 5.82 Å². The molecule has 8 heteroatoms. The molecule has 3 aromatic heterocycles. The summed E-state index contributed by atoms with van der Waals surface area (Å²) >= 11 is 6.16. The molecule has 0 unspecified atom stereocenters. The molecular formula is C26H33ClFN5O. The first-order valence-corrected chi connectivity index (χ1v) is 12.6. The van der Waals surface area contributed by atoms with Crippen molar-refractivity contribution in [2.45, 2.75) is 78.7 Å². The van der Waals surface area contributed by atoms with Crippen LogP contribution in [0, 0.1) is 11.7 Å². The highest BCUT2D eigenvalue weighted by Crippen LogP contribution is 2.34. The molecule has 1 saturated heterocycles. The Morgan fingerprint density at radius 1 is 1.24 bits per heavy atom. The fraction of sp³-hybridized carbons (Fsp3) is 0.538. The van der Waals surface area contributed by atoms with Crippen molar-refractivity contribution in [1.29, 1.82) is 0 Å². The normalized spacial score (nSPS) is 18.8. The predicted octanol–water partition coefficient (Wildman–Crippen LogP) is 6.06. The molecule has 3 aromatic rings. The van der Waals surface area contributed by atoms with Crippen molar-refractivity contribution in [3.05, 3.63) is 51.0 Å². The van der Waals surface area contributed by atoms with Gasteiger partial charge in [-0.25, -0.2) is 18.7 Å². The minimum absolute atomic E-state index is 0.0667. The molecule has 34 heavy (non-hydrogen) atoms. The van der Waals surface area contributed by atoms with Crippen LogP contribution in [0.15, 0.2) is 23.1 Å². The van der Waals surface area contributed by atoms with Gasteiger partial charge >= 0.3 is 5.69 Å². The lowest BCUT2D eigenvalue weighted by Crippen LogP contribution is -2.43. The molecule has 4 heterocycles. The summed E-state index contributed by atoms with van der Waals surface area (Å²) in [4.78, 5) is 29.4. The molecule has 0 bridgehead atoms. The second-order valence-corrected chi connectivity index (χ2v) is 10.2. The number of hydrogen-bond acceptors (Lipinski definition) is 5. The molecule has 6 nitrogen and oxygen atoms in total. The van der Waals surface area contributed by atoms with Gasteiger partial charge in [-0.05, 0) is 62.1 Å². The Bertz CT molecular complexity index is 1260. The summed E-state index contributed by atoms with van der Waals surface area (Å²) in [6, 6.07) is 3.50. The lowest BCUT2D eigenvalue weighted by Gasteiger charge is -2.38. The number of rotatable bonds is 6. The van der Waals surface area contributed by atoms with Gasteiger partial charge < -0.3 is 4.90 Å². The van der Waals surface area contributed by atoms with Gasteiger partial charge in [0.05, 0.1) is 16.8 Å². The summed E-state index contributed by atoms with van der Waals surface area (Å²) < 4.78 is 16.2.